The van der Waals surface area contributed by atoms with E-state index >= 15 is 0 Å². The number of aryl methyl sites for hydroxylation is 3. The van der Waals surface area contributed by atoms with Gasteiger partial charge in [0.1, 0.15) is 35.5 Å². The Hall–Kier alpha value is -2.66. The monoisotopic (exact) mass is 611 g/mol. The van der Waals surface area contributed by atoms with Gasteiger partial charge in [-0.3, -0.25) is 9.97 Å². The fourth-order valence-corrected chi connectivity index (χ4v) is 6.94. The van der Waals surface area contributed by atoms with Gasteiger partial charge in [-0.05, 0) is 32.9 Å². The van der Waals surface area contributed by atoms with E-state index in [4.69, 9.17) is 14.5 Å². The third-order valence-corrected chi connectivity index (χ3v) is 9.42. The molecule has 228 valence electrons. The summed E-state index contributed by atoms with van der Waals surface area (Å²) in [5.74, 6) is -4.45. The molecule has 0 radical (unpaired) electrons. The van der Waals surface area contributed by atoms with E-state index in [1.807, 2.05) is 13.8 Å². The summed E-state index contributed by atoms with van der Waals surface area (Å²) in [4.78, 5) is 9.32. The van der Waals surface area contributed by atoms with Gasteiger partial charge in [-0.15, -0.1) is 16.9 Å². The number of rotatable bonds is 7. The quantitative estimate of drug-likeness (QED) is 0.290. The highest BCUT2D eigenvalue weighted by molar-refractivity contribution is 8.00. The van der Waals surface area contributed by atoms with Crippen LogP contribution in [0.1, 0.15) is 46.9 Å². The molecule has 0 unspecified atom stereocenters. The van der Waals surface area contributed by atoms with Gasteiger partial charge in [-0.2, -0.15) is 0 Å². The van der Waals surface area contributed by atoms with Gasteiger partial charge in [0.15, 0.2) is 17.5 Å². The molecule has 4 N–H and O–H groups in total. The average molecular weight is 612 g/mol. The Labute approximate surface area is 243 Å². The molecule has 0 bridgehead atoms. The van der Waals surface area contributed by atoms with Crippen molar-refractivity contribution in [3.05, 3.63) is 58.6 Å². The number of thioether (sulfide) groups is 1. The molecule has 3 aromatic rings. The lowest BCUT2D eigenvalue weighted by atomic mass is 9.88. The highest BCUT2D eigenvalue weighted by Crippen LogP contribution is 2.49. The molecule has 2 aliphatic heterocycles. The molecular weight excluding hydrogens is 579 g/mol. The molecule has 1 aromatic carbocycles. The minimum Gasteiger partial charge on any atom is -0.394 e. The SMILES string of the molecule is Cc1nc(C)c([C@H](S[C@@H]2O[C@H](CO)[C@H](O)[C@H](n3cc(-c4cc(F)c(F)c(F)c4)nn3)[C@H]2O)C2(O)CCOCC2)nc1C. The summed E-state index contributed by atoms with van der Waals surface area (Å²) in [5.41, 5.74) is -0.0476. The van der Waals surface area contributed by atoms with Gasteiger partial charge < -0.3 is 29.9 Å². The Morgan fingerprint density at radius 2 is 1.67 bits per heavy atom. The van der Waals surface area contributed by atoms with Crippen molar-refractivity contribution in [3.8, 4) is 11.3 Å². The zero-order valence-electron chi connectivity index (χ0n) is 23.1. The summed E-state index contributed by atoms with van der Waals surface area (Å²) in [6, 6.07) is 0.289. The zero-order chi connectivity index (χ0) is 30.3. The zero-order valence-corrected chi connectivity index (χ0v) is 23.9. The Morgan fingerprint density at radius 3 is 2.31 bits per heavy atom. The van der Waals surface area contributed by atoms with E-state index in [0.717, 1.165) is 34.3 Å². The Morgan fingerprint density at radius 1 is 1.02 bits per heavy atom. The molecule has 0 spiro atoms. The van der Waals surface area contributed by atoms with Crippen molar-refractivity contribution in [2.24, 2.45) is 0 Å². The van der Waals surface area contributed by atoms with Crippen molar-refractivity contribution in [1.29, 1.82) is 0 Å². The number of aliphatic hydroxyl groups is 4. The van der Waals surface area contributed by atoms with Crippen molar-refractivity contribution in [1.82, 2.24) is 25.0 Å². The van der Waals surface area contributed by atoms with Crippen LogP contribution in [0.15, 0.2) is 18.3 Å². The van der Waals surface area contributed by atoms with Crippen LogP contribution in [-0.2, 0) is 9.47 Å². The van der Waals surface area contributed by atoms with Gasteiger partial charge >= 0.3 is 0 Å². The van der Waals surface area contributed by atoms with Crippen LogP contribution in [0.3, 0.4) is 0 Å². The summed E-state index contributed by atoms with van der Waals surface area (Å²) in [6.07, 6.45) is -2.28. The van der Waals surface area contributed by atoms with Crippen molar-refractivity contribution in [2.75, 3.05) is 19.8 Å². The molecular formula is C27H32F3N5O6S. The lowest BCUT2D eigenvalue weighted by Gasteiger charge is -2.45. The number of hydrogen-bond donors (Lipinski definition) is 4. The van der Waals surface area contributed by atoms with Crippen LogP contribution < -0.4 is 0 Å². The topological polar surface area (TPSA) is 156 Å². The first-order valence-electron chi connectivity index (χ1n) is 13.4. The lowest BCUT2D eigenvalue weighted by molar-refractivity contribution is -0.179. The predicted molar refractivity (Wildman–Crippen MR) is 144 cm³/mol. The molecule has 0 amide bonds. The van der Waals surface area contributed by atoms with Crippen LogP contribution in [0.5, 0.6) is 0 Å². The second-order valence-corrected chi connectivity index (χ2v) is 11.8. The molecule has 4 heterocycles. The van der Waals surface area contributed by atoms with Crippen LogP contribution in [0.2, 0.25) is 0 Å². The lowest BCUT2D eigenvalue weighted by Crippen LogP contribution is -2.55. The molecule has 42 heavy (non-hydrogen) atoms. The van der Waals surface area contributed by atoms with Crippen molar-refractivity contribution < 1.29 is 43.1 Å². The van der Waals surface area contributed by atoms with Gasteiger partial charge in [0, 0.05) is 31.6 Å². The molecule has 6 atom stereocenters. The van der Waals surface area contributed by atoms with E-state index < -0.39 is 64.7 Å². The molecule has 11 nitrogen and oxygen atoms in total. The van der Waals surface area contributed by atoms with Crippen LogP contribution in [0.4, 0.5) is 13.2 Å². The highest BCUT2D eigenvalue weighted by atomic mass is 32.2. The largest absolute Gasteiger partial charge is 0.394 e. The summed E-state index contributed by atoms with van der Waals surface area (Å²) in [7, 11) is 0. The van der Waals surface area contributed by atoms with E-state index in [2.05, 4.69) is 15.3 Å². The number of aliphatic hydroxyl groups excluding tert-OH is 3. The fourth-order valence-electron chi connectivity index (χ4n) is 5.30. The normalized spacial score (nSPS) is 26.8. The van der Waals surface area contributed by atoms with E-state index in [0.29, 0.717) is 30.3 Å². The predicted octanol–water partition coefficient (Wildman–Crippen LogP) is 2.07. The first-order valence-corrected chi connectivity index (χ1v) is 14.3. The van der Waals surface area contributed by atoms with Crippen LogP contribution in [0.25, 0.3) is 11.3 Å². The Kier molecular flexibility index (Phi) is 8.90. The third-order valence-electron chi connectivity index (χ3n) is 7.83. The van der Waals surface area contributed by atoms with Gasteiger partial charge in [-0.25, -0.2) is 17.9 Å². The maximum Gasteiger partial charge on any atom is 0.194 e. The minimum atomic E-state index is -1.63. The third kappa shape index (κ3) is 5.78. The highest BCUT2D eigenvalue weighted by Gasteiger charge is 2.50. The number of benzene rings is 1. The van der Waals surface area contributed by atoms with Crippen molar-refractivity contribution >= 4 is 11.8 Å². The number of nitrogens with zero attached hydrogens (tertiary/aromatic N) is 5. The Balaban J connectivity index is 1.50. The maximum absolute atomic E-state index is 13.8. The molecule has 5 rings (SSSR count). The molecule has 2 fully saturated rings. The molecule has 0 saturated carbocycles. The van der Waals surface area contributed by atoms with Crippen LogP contribution in [0, 0.1) is 38.2 Å². The van der Waals surface area contributed by atoms with Gasteiger partial charge in [0.25, 0.3) is 0 Å². The van der Waals surface area contributed by atoms with Crippen molar-refractivity contribution in [2.45, 2.75) is 74.3 Å². The van der Waals surface area contributed by atoms with Gasteiger partial charge in [-0.1, -0.05) is 5.21 Å². The smallest absolute Gasteiger partial charge is 0.194 e. The first kappa shape index (κ1) is 30.8. The van der Waals surface area contributed by atoms with E-state index in [1.165, 1.54) is 6.20 Å². The summed E-state index contributed by atoms with van der Waals surface area (Å²) in [6.45, 7) is 5.43. The minimum absolute atomic E-state index is 0.0427. The second kappa shape index (κ2) is 12.1. The van der Waals surface area contributed by atoms with E-state index in [-0.39, 0.29) is 24.1 Å². The fraction of sp³-hybridized carbons (Fsp3) is 0.556. The maximum atomic E-state index is 13.8. The summed E-state index contributed by atoms with van der Waals surface area (Å²) < 4.78 is 53.7. The number of aromatic nitrogens is 5. The average Bonchev–Trinajstić information content (AvgIpc) is 3.43. The second-order valence-electron chi connectivity index (χ2n) is 10.6. The molecule has 2 saturated heterocycles. The van der Waals surface area contributed by atoms with E-state index in [9.17, 15) is 33.6 Å². The Bertz CT molecular complexity index is 1420. The number of hydrogen-bond acceptors (Lipinski definition) is 11. The molecule has 2 aromatic heterocycles. The number of ether oxygens (including phenoxy) is 2. The molecule has 0 aliphatic carbocycles. The van der Waals surface area contributed by atoms with E-state index in [1.54, 1.807) is 6.92 Å². The summed E-state index contributed by atoms with van der Waals surface area (Å²) >= 11 is 1.08. The summed E-state index contributed by atoms with van der Waals surface area (Å²) in [5, 5.41) is 51.5. The van der Waals surface area contributed by atoms with Gasteiger partial charge in [0.2, 0.25) is 0 Å². The van der Waals surface area contributed by atoms with Crippen LogP contribution >= 0.6 is 11.8 Å². The first-order chi connectivity index (χ1) is 19.9. The molecule has 2 aliphatic rings. The van der Waals surface area contributed by atoms with Crippen LogP contribution in [-0.4, -0.2) is 94.6 Å². The van der Waals surface area contributed by atoms with Gasteiger partial charge in [0.05, 0.1) is 46.4 Å². The molecule has 15 heteroatoms. The standard InChI is InChI=1S/C27H32F3N5O6S/c1-12-13(2)32-21(14(3)31-12)25(27(39)4-6-40-7-5-27)42-26-24(38)22(23(37)19(11-36)41-26)35-10-18(33-34-35)15-8-16(28)20(30)17(29)9-15/h8-10,19,22-26,36-39H,4-7,11H2,1-3H3/t19-,22+,23+,24-,25+,26+/m1/s1. The number of halogens is 3. The van der Waals surface area contributed by atoms with Crippen molar-refractivity contribution in [3.63, 3.8) is 0 Å².